The Morgan fingerprint density at radius 1 is 0.633 bits per heavy atom. The molecule has 0 bridgehead atoms. The van der Waals surface area contributed by atoms with E-state index in [-0.39, 0.29) is 11.5 Å². The highest BCUT2D eigenvalue weighted by atomic mass is 16.3. The third-order valence-corrected chi connectivity index (χ3v) is 13.4. The van der Waals surface area contributed by atoms with Crippen LogP contribution in [0.4, 0.5) is 0 Å². The summed E-state index contributed by atoms with van der Waals surface area (Å²) in [5, 5.41) is 10.9. The molecule has 0 spiro atoms. The van der Waals surface area contributed by atoms with Crippen molar-refractivity contribution in [2.75, 3.05) is 0 Å². The fraction of sp³-hybridized carbons (Fsp3) is 1.00. The lowest BCUT2D eigenvalue weighted by Crippen LogP contribution is -2.66. The topological polar surface area (TPSA) is 20.2 Å². The molecule has 5 fully saturated rings. The molecule has 1 heteroatoms. The van der Waals surface area contributed by atoms with Gasteiger partial charge >= 0.3 is 0 Å². The van der Waals surface area contributed by atoms with Crippen molar-refractivity contribution in [3.63, 3.8) is 0 Å². The second-order valence-corrected chi connectivity index (χ2v) is 14.7. The molecule has 0 heterocycles. The lowest BCUT2D eigenvalue weighted by molar-refractivity contribution is -0.251. The van der Waals surface area contributed by atoms with Crippen molar-refractivity contribution in [3.05, 3.63) is 0 Å². The van der Waals surface area contributed by atoms with Crippen LogP contribution in [0.3, 0.4) is 0 Å². The van der Waals surface area contributed by atoms with Gasteiger partial charge < -0.3 is 5.11 Å². The molecule has 0 aromatic heterocycles. The van der Waals surface area contributed by atoms with Gasteiger partial charge in [-0.15, -0.1) is 0 Å². The molecule has 5 aliphatic rings. The lowest BCUT2D eigenvalue weighted by atomic mass is 9.32. The Kier molecular flexibility index (Phi) is 4.73. The van der Waals surface area contributed by atoms with Gasteiger partial charge in [-0.2, -0.15) is 0 Å². The Morgan fingerprint density at radius 3 is 2.10 bits per heavy atom. The van der Waals surface area contributed by atoms with Gasteiger partial charge in [0.2, 0.25) is 0 Å². The highest BCUT2D eigenvalue weighted by molar-refractivity contribution is 5.18. The zero-order valence-electron chi connectivity index (χ0n) is 21.2. The number of aliphatic hydroxyl groups excluding tert-OH is 1. The average Bonchev–Trinajstić information content (AvgIpc) is 2.67. The Bertz CT molecular complexity index is 696. The summed E-state index contributed by atoms with van der Waals surface area (Å²) in [7, 11) is 0. The summed E-state index contributed by atoms with van der Waals surface area (Å²) >= 11 is 0. The molecule has 0 radical (unpaired) electrons. The summed E-state index contributed by atoms with van der Waals surface area (Å²) in [4.78, 5) is 0. The fourth-order valence-corrected chi connectivity index (χ4v) is 11.2. The van der Waals surface area contributed by atoms with Crippen LogP contribution in [0.5, 0.6) is 0 Å². The largest absolute Gasteiger partial charge is 0.393 e. The van der Waals surface area contributed by atoms with Crippen molar-refractivity contribution in [1.82, 2.24) is 0 Å². The first-order valence-electron chi connectivity index (χ1n) is 13.6. The number of rotatable bonds is 0. The molecular formula is C29H50O. The van der Waals surface area contributed by atoms with Crippen LogP contribution in [-0.2, 0) is 0 Å². The van der Waals surface area contributed by atoms with Gasteiger partial charge in [0.25, 0.3) is 0 Å². The Hall–Kier alpha value is -0.0400. The average molecular weight is 415 g/mol. The second kappa shape index (κ2) is 6.51. The molecule has 0 amide bonds. The Balaban J connectivity index is 1.52. The van der Waals surface area contributed by atoms with Crippen molar-refractivity contribution in [3.8, 4) is 0 Å². The molecule has 30 heavy (non-hydrogen) atoms. The number of aliphatic hydroxyl groups is 1. The van der Waals surface area contributed by atoms with E-state index in [4.69, 9.17) is 0 Å². The third-order valence-electron chi connectivity index (χ3n) is 13.4. The molecule has 0 aromatic rings. The first-order valence-corrected chi connectivity index (χ1v) is 13.6. The van der Waals surface area contributed by atoms with Crippen LogP contribution >= 0.6 is 0 Å². The minimum Gasteiger partial charge on any atom is -0.393 e. The van der Waals surface area contributed by atoms with Crippen LogP contribution in [0.15, 0.2) is 0 Å². The van der Waals surface area contributed by atoms with E-state index in [1.165, 1.54) is 64.2 Å². The standard InChI is InChI=1S/C29H50O/c1-19-10-13-26(4)16-17-28(6)20(21(26)18-19)8-9-23-27(5)14-12-24(30)25(2,3)22(27)11-15-29(23,28)7/h19-24,30H,8-18H2,1-7H3/t19-,20?,21-,22?,23?,24-,26+,27-,28-,29+/m0/s1. The zero-order chi connectivity index (χ0) is 21.7. The molecule has 1 nitrogen and oxygen atoms in total. The van der Waals surface area contributed by atoms with Crippen LogP contribution in [0, 0.1) is 56.7 Å². The predicted molar refractivity (Wildman–Crippen MR) is 126 cm³/mol. The highest BCUT2D eigenvalue weighted by Crippen LogP contribution is 2.76. The number of hydrogen-bond donors (Lipinski definition) is 1. The van der Waals surface area contributed by atoms with Crippen molar-refractivity contribution < 1.29 is 5.11 Å². The zero-order valence-corrected chi connectivity index (χ0v) is 21.2. The monoisotopic (exact) mass is 414 g/mol. The van der Waals surface area contributed by atoms with E-state index >= 15 is 0 Å². The molecule has 5 rings (SSSR count). The Labute approximate surface area is 187 Å². The lowest BCUT2D eigenvalue weighted by Gasteiger charge is -2.73. The minimum absolute atomic E-state index is 0.0794. The van der Waals surface area contributed by atoms with E-state index in [9.17, 15) is 5.11 Å². The SMILES string of the molecule is C[C@H]1CC[C@]2(C)CC[C@@]3(C)C(CCC4[C@@]5(C)CC[C@H](O)C(C)(C)C5CC[C@]43C)[C@@H]2C1. The second-order valence-electron chi connectivity index (χ2n) is 14.7. The predicted octanol–water partition coefficient (Wildman–Crippen LogP) is 7.86. The van der Waals surface area contributed by atoms with E-state index < -0.39 is 0 Å². The summed E-state index contributed by atoms with van der Waals surface area (Å²) < 4.78 is 0. The van der Waals surface area contributed by atoms with Crippen molar-refractivity contribution in [1.29, 1.82) is 0 Å². The molecule has 3 unspecified atom stereocenters. The highest BCUT2D eigenvalue weighted by Gasteiger charge is 2.69. The normalized spacial score (nSPS) is 60.0. The first-order chi connectivity index (χ1) is 13.9. The van der Waals surface area contributed by atoms with E-state index in [1.54, 1.807) is 0 Å². The van der Waals surface area contributed by atoms with Crippen molar-refractivity contribution in [2.24, 2.45) is 56.7 Å². The summed E-state index contributed by atoms with van der Waals surface area (Å²) in [6, 6.07) is 0. The smallest absolute Gasteiger partial charge is 0.0594 e. The quantitative estimate of drug-likeness (QED) is 0.427. The summed E-state index contributed by atoms with van der Waals surface area (Å²) in [5.41, 5.74) is 2.13. The summed E-state index contributed by atoms with van der Waals surface area (Å²) in [5.74, 6) is 4.39. The molecule has 5 aliphatic carbocycles. The van der Waals surface area contributed by atoms with E-state index in [1.807, 2.05) is 0 Å². The molecule has 5 saturated carbocycles. The van der Waals surface area contributed by atoms with Crippen molar-refractivity contribution in [2.45, 2.75) is 125 Å². The molecule has 0 aromatic carbocycles. The first kappa shape index (κ1) is 21.8. The molecule has 10 atom stereocenters. The van der Waals surface area contributed by atoms with Gasteiger partial charge in [-0.25, -0.2) is 0 Å². The molecule has 0 saturated heterocycles. The van der Waals surface area contributed by atoms with Crippen LogP contribution in [0.2, 0.25) is 0 Å². The summed E-state index contributed by atoms with van der Waals surface area (Å²) in [6.45, 7) is 18.1. The van der Waals surface area contributed by atoms with Crippen LogP contribution < -0.4 is 0 Å². The van der Waals surface area contributed by atoms with Gasteiger partial charge in [-0.1, -0.05) is 54.9 Å². The molecular weight excluding hydrogens is 364 g/mol. The van der Waals surface area contributed by atoms with Gasteiger partial charge in [0.1, 0.15) is 0 Å². The maximum atomic E-state index is 10.9. The maximum Gasteiger partial charge on any atom is 0.0594 e. The van der Waals surface area contributed by atoms with E-state index in [2.05, 4.69) is 48.5 Å². The summed E-state index contributed by atoms with van der Waals surface area (Å²) in [6.07, 6.45) is 15.2. The van der Waals surface area contributed by atoms with Gasteiger partial charge in [0, 0.05) is 0 Å². The van der Waals surface area contributed by atoms with E-state index in [0.717, 1.165) is 30.1 Å². The third kappa shape index (κ3) is 2.57. The number of fused-ring (bicyclic) bond motifs is 7. The molecule has 0 aliphatic heterocycles. The van der Waals surface area contributed by atoms with Gasteiger partial charge in [0.15, 0.2) is 0 Å². The Morgan fingerprint density at radius 2 is 1.37 bits per heavy atom. The van der Waals surface area contributed by atoms with Gasteiger partial charge in [0.05, 0.1) is 6.10 Å². The van der Waals surface area contributed by atoms with Crippen LogP contribution in [0.1, 0.15) is 119 Å². The number of hydrogen-bond acceptors (Lipinski definition) is 1. The van der Waals surface area contributed by atoms with Crippen molar-refractivity contribution >= 4 is 0 Å². The maximum absolute atomic E-state index is 10.9. The van der Waals surface area contributed by atoms with Crippen LogP contribution in [-0.4, -0.2) is 11.2 Å². The van der Waals surface area contributed by atoms with E-state index in [0.29, 0.717) is 27.6 Å². The molecule has 172 valence electrons. The van der Waals surface area contributed by atoms with Crippen LogP contribution in [0.25, 0.3) is 0 Å². The van der Waals surface area contributed by atoms with Gasteiger partial charge in [-0.3, -0.25) is 0 Å². The van der Waals surface area contributed by atoms with Gasteiger partial charge in [-0.05, 0) is 121 Å². The fourth-order valence-electron chi connectivity index (χ4n) is 11.2. The minimum atomic E-state index is -0.106. The molecule has 1 N–H and O–H groups in total.